The van der Waals surface area contributed by atoms with Gasteiger partial charge in [-0.1, -0.05) is 19.1 Å². The first-order chi connectivity index (χ1) is 16.7. The molecule has 0 aliphatic heterocycles. The van der Waals surface area contributed by atoms with E-state index in [4.69, 9.17) is 0 Å². The Labute approximate surface area is 205 Å². The number of rotatable bonds is 10. The van der Waals surface area contributed by atoms with Gasteiger partial charge in [0.25, 0.3) is 5.69 Å². The fraction of sp³-hybridized carbons (Fsp3) is 0.217. The highest BCUT2D eigenvalue weighted by molar-refractivity contribution is 7.14. The fourth-order valence-electron chi connectivity index (χ4n) is 3.13. The molecule has 0 fully saturated rings. The molecule has 3 N–H and O–H groups in total. The highest BCUT2D eigenvalue weighted by Crippen LogP contribution is 2.27. The zero-order valence-corrected chi connectivity index (χ0v) is 19.9. The number of hydrogen-bond acceptors (Lipinski definition) is 8. The summed E-state index contributed by atoms with van der Waals surface area (Å²) in [4.78, 5) is 52.5. The van der Waals surface area contributed by atoms with Crippen LogP contribution in [0, 0.1) is 10.1 Å². The highest BCUT2D eigenvalue weighted by Gasteiger charge is 2.16. The first kappa shape index (κ1) is 25.5. The lowest BCUT2D eigenvalue weighted by atomic mass is 10.1. The van der Waals surface area contributed by atoms with Gasteiger partial charge >= 0.3 is 0 Å². The van der Waals surface area contributed by atoms with Gasteiger partial charge in [0.1, 0.15) is 0 Å². The summed E-state index contributed by atoms with van der Waals surface area (Å²) in [6.45, 7) is 3.72. The van der Waals surface area contributed by atoms with Gasteiger partial charge in [0.15, 0.2) is 5.13 Å². The molecule has 2 aromatic carbocycles. The molecule has 12 heteroatoms. The van der Waals surface area contributed by atoms with Crippen molar-refractivity contribution in [3.63, 3.8) is 0 Å². The molecular weight excluding hydrogens is 472 g/mol. The summed E-state index contributed by atoms with van der Waals surface area (Å²) in [7, 11) is 0. The van der Waals surface area contributed by atoms with Crippen LogP contribution in [0.5, 0.6) is 0 Å². The number of anilines is 3. The molecule has 0 aliphatic rings. The van der Waals surface area contributed by atoms with Crippen molar-refractivity contribution in [3.8, 4) is 11.3 Å². The number of nitro benzene ring substituents is 1. The Balaban J connectivity index is 1.52. The lowest BCUT2D eigenvalue weighted by molar-refractivity contribution is -0.384. The van der Waals surface area contributed by atoms with E-state index in [1.807, 2.05) is 6.92 Å². The Bertz CT molecular complexity index is 1230. The minimum Gasteiger partial charge on any atom is -0.326 e. The van der Waals surface area contributed by atoms with Crippen molar-refractivity contribution in [2.45, 2.75) is 13.8 Å². The molecule has 3 aromatic rings. The van der Waals surface area contributed by atoms with E-state index in [1.54, 1.807) is 46.7 Å². The second-order valence-corrected chi connectivity index (χ2v) is 8.36. The maximum atomic E-state index is 12.5. The van der Waals surface area contributed by atoms with E-state index in [0.29, 0.717) is 34.3 Å². The summed E-state index contributed by atoms with van der Waals surface area (Å²) in [6.07, 6.45) is 0. The second kappa shape index (κ2) is 11.8. The number of nitro groups is 1. The van der Waals surface area contributed by atoms with Gasteiger partial charge in [-0.05, 0) is 30.8 Å². The van der Waals surface area contributed by atoms with Crippen molar-refractivity contribution in [1.29, 1.82) is 0 Å². The number of benzene rings is 2. The first-order valence-electron chi connectivity index (χ1n) is 10.6. The molecule has 3 rings (SSSR count). The van der Waals surface area contributed by atoms with Gasteiger partial charge in [-0.3, -0.25) is 29.4 Å². The lowest BCUT2D eigenvalue weighted by Gasteiger charge is -2.19. The molecule has 0 spiro atoms. The molecule has 0 saturated heterocycles. The predicted octanol–water partition coefficient (Wildman–Crippen LogP) is 3.58. The monoisotopic (exact) mass is 496 g/mol. The summed E-state index contributed by atoms with van der Waals surface area (Å²) >= 11 is 1.21. The maximum Gasteiger partial charge on any atom is 0.270 e. The largest absolute Gasteiger partial charge is 0.326 e. The quantitative estimate of drug-likeness (QED) is 0.287. The third-order valence-electron chi connectivity index (χ3n) is 4.77. The summed E-state index contributed by atoms with van der Waals surface area (Å²) < 4.78 is 0. The number of likely N-dealkylation sites (N-methyl/N-ethyl adjacent to an activating group) is 1. The average Bonchev–Trinajstić information content (AvgIpc) is 3.28. The van der Waals surface area contributed by atoms with Gasteiger partial charge in [0.2, 0.25) is 17.7 Å². The summed E-state index contributed by atoms with van der Waals surface area (Å²) in [6, 6.07) is 12.8. The van der Waals surface area contributed by atoms with Crippen LogP contribution in [-0.2, 0) is 14.4 Å². The van der Waals surface area contributed by atoms with Gasteiger partial charge in [-0.25, -0.2) is 4.98 Å². The van der Waals surface area contributed by atoms with E-state index in [2.05, 4.69) is 20.9 Å². The normalized spacial score (nSPS) is 10.6. The number of amides is 3. The van der Waals surface area contributed by atoms with E-state index in [9.17, 15) is 24.5 Å². The van der Waals surface area contributed by atoms with Crippen LogP contribution in [0.4, 0.5) is 22.2 Å². The van der Waals surface area contributed by atoms with Crippen LogP contribution in [0.15, 0.2) is 53.9 Å². The number of carbonyl (C=O) groups excluding carboxylic acids is 3. The summed E-state index contributed by atoms with van der Waals surface area (Å²) in [5.41, 5.74) is 2.25. The molecule has 0 atom stereocenters. The second-order valence-electron chi connectivity index (χ2n) is 7.50. The first-order valence-corrected chi connectivity index (χ1v) is 11.5. The number of carbonyl (C=O) groups is 3. The van der Waals surface area contributed by atoms with Crippen LogP contribution in [0.2, 0.25) is 0 Å². The van der Waals surface area contributed by atoms with Crippen molar-refractivity contribution < 1.29 is 19.3 Å². The number of nitrogens with one attached hydrogen (secondary N) is 3. The molecule has 0 bridgehead atoms. The van der Waals surface area contributed by atoms with Crippen molar-refractivity contribution >= 4 is 51.3 Å². The van der Waals surface area contributed by atoms with Crippen molar-refractivity contribution in [1.82, 2.24) is 9.88 Å². The van der Waals surface area contributed by atoms with Crippen LogP contribution in [0.25, 0.3) is 11.3 Å². The zero-order valence-electron chi connectivity index (χ0n) is 19.1. The maximum absolute atomic E-state index is 12.5. The van der Waals surface area contributed by atoms with Crippen molar-refractivity contribution in [3.05, 3.63) is 64.0 Å². The minimum atomic E-state index is -0.477. The molecule has 11 nitrogen and oxygen atoms in total. The third kappa shape index (κ3) is 7.69. The van der Waals surface area contributed by atoms with E-state index in [0.717, 1.165) is 0 Å². The van der Waals surface area contributed by atoms with Gasteiger partial charge in [0.05, 0.1) is 23.7 Å². The standard InChI is InChI=1S/C23H24N6O5S/c1-3-28(12-21(31)25-18-9-7-17(8-10-18)24-15(2)30)13-22(32)27-23-26-20(14-35-23)16-5-4-6-19(11-16)29(33)34/h4-11,14H,3,12-13H2,1-2H3,(H,24,30)(H,25,31)(H,26,27,32). The molecule has 182 valence electrons. The lowest BCUT2D eigenvalue weighted by Crippen LogP contribution is -2.38. The number of non-ortho nitro benzene ring substituents is 1. The van der Waals surface area contributed by atoms with Gasteiger partial charge in [0, 0.05) is 41.4 Å². The van der Waals surface area contributed by atoms with Gasteiger partial charge < -0.3 is 16.0 Å². The minimum absolute atomic E-state index is 0.00810. The molecule has 0 radical (unpaired) electrons. The van der Waals surface area contributed by atoms with Crippen LogP contribution in [0.3, 0.4) is 0 Å². The summed E-state index contributed by atoms with van der Waals surface area (Å²) in [5, 5.41) is 21.2. The van der Waals surface area contributed by atoms with E-state index >= 15 is 0 Å². The third-order valence-corrected chi connectivity index (χ3v) is 5.53. The Morgan fingerprint density at radius 1 is 1.00 bits per heavy atom. The fourth-order valence-corrected chi connectivity index (χ4v) is 3.86. The number of hydrogen-bond donors (Lipinski definition) is 3. The van der Waals surface area contributed by atoms with Crippen LogP contribution >= 0.6 is 11.3 Å². The molecular formula is C23H24N6O5S. The molecule has 0 saturated carbocycles. The highest BCUT2D eigenvalue weighted by atomic mass is 32.1. The Kier molecular flexibility index (Phi) is 8.59. The van der Waals surface area contributed by atoms with E-state index in [1.165, 1.54) is 30.4 Å². The summed E-state index contributed by atoms with van der Waals surface area (Å²) in [5.74, 6) is -0.801. The van der Waals surface area contributed by atoms with Crippen LogP contribution in [-0.4, -0.2) is 52.2 Å². The van der Waals surface area contributed by atoms with Gasteiger partial charge in [-0.2, -0.15) is 0 Å². The molecule has 0 unspecified atom stereocenters. The number of thiazole rings is 1. The van der Waals surface area contributed by atoms with Crippen LogP contribution in [0.1, 0.15) is 13.8 Å². The topological polar surface area (TPSA) is 147 Å². The van der Waals surface area contributed by atoms with E-state index in [-0.39, 0.29) is 36.5 Å². The van der Waals surface area contributed by atoms with Gasteiger partial charge in [-0.15, -0.1) is 11.3 Å². The van der Waals surface area contributed by atoms with Crippen molar-refractivity contribution in [2.24, 2.45) is 0 Å². The van der Waals surface area contributed by atoms with Crippen LogP contribution < -0.4 is 16.0 Å². The smallest absolute Gasteiger partial charge is 0.270 e. The Hall–Kier alpha value is -4.16. The number of aromatic nitrogens is 1. The molecule has 1 aromatic heterocycles. The van der Waals surface area contributed by atoms with E-state index < -0.39 is 4.92 Å². The average molecular weight is 497 g/mol. The van der Waals surface area contributed by atoms with Crippen molar-refractivity contribution in [2.75, 3.05) is 35.6 Å². The molecule has 3 amide bonds. The molecule has 1 heterocycles. The SMILES string of the molecule is CCN(CC(=O)Nc1ccc(NC(C)=O)cc1)CC(=O)Nc1nc(-c2cccc([N+](=O)[O-])c2)cs1. The Morgan fingerprint density at radius 3 is 2.23 bits per heavy atom. The zero-order chi connectivity index (χ0) is 25.4. The molecule has 0 aliphatic carbocycles. The number of nitrogens with zero attached hydrogens (tertiary/aromatic N) is 3. The molecule has 35 heavy (non-hydrogen) atoms. The predicted molar refractivity (Wildman–Crippen MR) is 134 cm³/mol. The Morgan fingerprint density at radius 2 is 1.63 bits per heavy atom.